The van der Waals surface area contributed by atoms with Gasteiger partial charge in [0, 0.05) is 26.7 Å². The Hall–Kier alpha value is -0.0900. The molecule has 0 bridgehead atoms. The van der Waals surface area contributed by atoms with E-state index in [0.29, 0.717) is 26.7 Å². The van der Waals surface area contributed by atoms with Gasteiger partial charge >= 0.3 is 0 Å². The second-order valence-electron chi connectivity index (χ2n) is 4.12. The highest BCUT2D eigenvalue weighted by Crippen LogP contribution is 2.21. The van der Waals surface area contributed by atoms with Crippen LogP contribution in [0.25, 0.3) is 0 Å². The smallest absolute Gasteiger partial charge is 0.0531 e. The molecule has 0 aliphatic heterocycles. The number of nitrogens with one attached hydrogen (secondary N) is 1. The van der Waals surface area contributed by atoms with E-state index in [2.05, 4.69) is 19.2 Å². The van der Waals surface area contributed by atoms with Gasteiger partial charge in [0.25, 0.3) is 0 Å². The summed E-state index contributed by atoms with van der Waals surface area (Å²) >= 11 is 11.7. The molecule has 0 aromatic heterocycles. The topological polar surface area (TPSA) is 29.1 Å². The van der Waals surface area contributed by atoms with Gasteiger partial charge in [0.2, 0.25) is 0 Å². The molecule has 96 valence electrons. The Labute approximate surface area is 115 Å². The van der Waals surface area contributed by atoms with Crippen LogP contribution in [0.5, 0.6) is 0 Å². The molecule has 1 aromatic rings. The van der Waals surface area contributed by atoms with Gasteiger partial charge in [-0.25, -0.2) is 0 Å². The second-order valence-corrected chi connectivity index (χ2v) is 6.56. The average molecular weight is 294 g/mol. The minimum atomic E-state index is -1.03. The summed E-state index contributed by atoms with van der Waals surface area (Å²) in [6.07, 6.45) is 0.870. The lowest BCUT2D eigenvalue weighted by Crippen LogP contribution is -2.24. The summed E-state index contributed by atoms with van der Waals surface area (Å²) in [5, 5.41) is 4.35. The first kappa shape index (κ1) is 15.0. The molecule has 0 fully saturated rings. The molecular weight excluding hydrogens is 277 g/mol. The van der Waals surface area contributed by atoms with E-state index in [1.54, 1.807) is 18.2 Å². The summed E-state index contributed by atoms with van der Waals surface area (Å²) in [5.41, 5.74) is 0. The van der Waals surface area contributed by atoms with Gasteiger partial charge in [0.1, 0.15) is 0 Å². The van der Waals surface area contributed by atoms with Crippen LogP contribution >= 0.6 is 23.2 Å². The monoisotopic (exact) mass is 293 g/mol. The van der Waals surface area contributed by atoms with E-state index in [9.17, 15) is 4.21 Å². The van der Waals surface area contributed by atoms with E-state index in [4.69, 9.17) is 23.2 Å². The van der Waals surface area contributed by atoms with Crippen molar-refractivity contribution in [3.05, 3.63) is 28.2 Å². The molecule has 2 nitrogen and oxygen atoms in total. The van der Waals surface area contributed by atoms with Gasteiger partial charge in [0.15, 0.2) is 0 Å². The largest absolute Gasteiger partial charge is 0.315 e. The molecule has 0 aliphatic carbocycles. The van der Waals surface area contributed by atoms with Crippen LogP contribution in [0.4, 0.5) is 0 Å². The van der Waals surface area contributed by atoms with Crippen LogP contribution in [-0.2, 0) is 10.8 Å². The molecule has 1 unspecified atom stereocenters. The zero-order valence-corrected chi connectivity index (χ0v) is 12.3. The molecule has 17 heavy (non-hydrogen) atoms. The van der Waals surface area contributed by atoms with Crippen LogP contribution in [0.2, 0.25) is 10.0 Å². The van der Waals surface area contributed by atoms with Crippen molar-refractivity contribution in [1.29, 1.82) is 0 Å². The van der Waals surface area contributed by atoms with Gasteiger partial charge in [-0.15, -0.1) is 0 Å². The zero-order valence-electron chi connectivity index (χ0n) is 10.0. The van der Waals surface area contributed by atoms with Crippen molar-refractivity contribution in [3.8, 4) is 0 Å². The molecule has 0 radical (unpaired) electrons. The predicted octanol–water partition coefficient (Wildman–Crippen LogP) is 3.49. The normalized spacial score (nSPS) is 13.0. The molecule has 0 spiro atoms. The zero-order chi connectivity index (χ0) is 12.8. The second kappa shape index (κ2) is 7.37. The van der Waals surface area contributed by atoms with Crippen molar-refractivity contribution in [3.63, 3.8) is 0 Å². The first-order chi connectivity index (χ1) is 7.99. The van der Waals surface area contributed by atoms with Gasteiger partial charge in [-0.3, -0.25) is 4.21 Å². The van der Waals surface area contributed by atoms with Crippen molar-refractivity contribution in [2.24, 2.45) is 0 Å². The third-order valence-electron chi connectivity index (χ3n) is 2.16. The molecular formula is C12H17Cl2NOS. The molecule has 0 saturated heterocycles. The fourth-order valence-corrected chi connectivity index (χ4v) is 3.19. The highest BCUT2D eigenvalue weighted by atomic mass is 35.5. The summed E-state index contributed by atoms with van der Waals surface area (Å²) in [7, 11) is -1.03. The van der Waals surface area contributed by atoms with Crippen molar-refractivity contribution < 1.29 is 4.21 Å². The van der Waals surface area contributed by atoms with Gasteiger partial charge in [-0.05, 0) is 31.2 Å². The van der Waals surface area contributed by atoms with E-state index in [1.807, 2.05) is 0 Å². The summed E-state index contributed by atoms with van der Waals surface area (Å²) in [5.74, 6) is 0.621. The number of hydrogen-bond acceptors (Lipinski definition) is 2. The van der Waals surface area contributed by atoms with Crippen LogP contribution < -0.4 is 5.32 Å². The van der Waals surface area contributed by atoms with E-state index in [-0.39, 0.29) is 0 Å². The predicted molar refractivity (Wildman–Crippen MR) is 75.5 cm³/mol. The Balaban J connectivity index is 2.47. The van der Waals surface area contributed by atoms with Gasteiger partial charge in [0.05, 0.1) is 10.8 Å². The molecule has 0 aliphatic rings. The Morgan fingerprint density at radius 1 is 1.24 bits per heavy atom. The quantitative estimate of drug-likeness (QED) is 0.814. The minimum Gasteiger partial charge on any atom is -0.315 e. The number of halogens is 2. The maximum atomic E-state index is 12.0. The summed E-state index contributed by atoms with van der Waals surface area (Å²) in [4.78, 5) is 0.701. The lowest BCUT2D eigenvalue weighted by molar-refractivity contribution is 0.583. The molecule has 1 atom stereocenters. The van der Waals surface area contributed by atoms with Crippen LogP contribution in [-0.4, -0.2) is 22.5 Å². The van der Waals surface area contributed by atoms with Gasteiger partial charge < -0.3 is 5.32 Å². The van der Waals surface area contributed by atoms with Crippen LogP contribution in [0, 0.1) is 0 Å². The Morgan fingerprint density at radius 2 is 1.82 bits per heavy atom. The third kappa shape index (κ3) is 5.87. The van der Waals surface area contributed by atoms with Crippen molar-refractivity contribution in [2.45, 2.75) is 31.2 Å². The van der Waals surface area contributed by atoms with Crippen molar-refractivity contribution in [1.82, 2.24) is 5.32 Å². The molecule has 5 heteroatoms. The van der Waals surface area contributed by atoms with Crippen molar-refractivity contribution >= 4 is 34.0 Å². The molecule has 1 rings (SSSR count). The fourth-order valence-electron chi connectivity index (χ4n) is 1.37. The lowest BCUT2D eigenvalue weighted by atomic mass is 10.4. The van der Waals surface area contributed by atoms with Crippen LogP contribution in [0.3, 0.4) is 0 Å². The number of rotatable bonds is 6. The molecule has 0 amide bonds. The van der Waals surface area contributed by atoms with Gasteiger partial charge in [-0.1, -0.05) is 37.0 Å². The van der Waals surface area contributed by atoms with E-state index in [0.717, 1.165) is 13.0 Å². The SMILES string of the molecule is CC(C)NCCCS(=O)c1cc(Cl)cc(Cl)c1. The number of hydrogen-bond donors (Lipinski definition) is 1. The fraction of sp³-hybridized carbons (Fsp3) is 0.500. The van der Waals surface area contributed by atoms with E-state index >= 15 is 0 Å². The van der Waals surface area contributed by atoms with E-state index in [1.165, 1.54) is 0 Å². The maximum absolute atomic E-state index is 12.0. The first-order valence-electron chi connectivity index (χ1n) is 5.57. The van der Waals surface area contributed by atoms with Crippen molar-refractivity contribution in [2.75, 3.05) is 12.3 Å². The lowest BCUT2D eigenvalue weighted by Gasteiger charge is -2.08. The Morgan fingerprint density at radius 3 is 2.35 bits per heavy atom. The standard InChI is InChI=1S/C12H17Cl2NOS/c1-9(2)15-4-3-5-17(16)12-7-10(13)6-11(14)8-12/h6-9,15H,3-5H2,1-2H3. The average Bonchev–Trinajstić information content (AvgIpc) is 2.22. The molecule has 1 N–H and O–H groups in total. The summed E-state index contributed by atoms with van der Waals surface area (Å²) in [6, 6.07) is 5.52. The van der Waals surface area contributed by atoms with Gasteiger partial charge in [-0.2, -0.15) is 0 Å². The van der Waals surface area contributed by atoms with Crippen LogP contribution in [0.15, 0.2) is 23.1 Å². The minimum absolute atomic E-state index is 0.462. The van der Waals surface area contributed by atoms with E-state index < -0.39 is 10.8 Å². The van der Waals surface area contributed by atoms with Crippen LogP contribution in [0.1, 0.15) is 20.3 Å². The number of benzene rings is 1. The summed E-state index contributed by atoms with van der Waals surface area (Å²) in [6.45, 7) is 5.05. The Bertz CT molecular complexity index is 376. The Kier molecular flexibility index (Phi) is 6.49. The highest BCUT2D eigenvalue weighted by molar-refractivity contribution is 7.85. The third-order valence-corrected chi connectivity index (χ3v) is 4.02. The maximum Gasteiger partial charge on any atom is 0.0531 e. The molecule has 0 heterocycles. The molecule has 0 saturated carbocycles. The summed E-state index contributed by atoms with van der Waals surface area (Å²) < 4.78 is 12.0. The highest BCUT2D eigenvalue weighted by Gasteiger charge is 2.06. The molecule has 1 aromatic carbocycles. The first-order valence-corrected chi connectivity index (χ1v) is 7.64.